The molecule has 4 fully saturated rings. The largest absolute Gasteiger partial charge is 0.390 e. The van der Waals surface area contributed by atoms with Crippen LogP contribution in [0.3, 0.4) is 0 Å². The van der Waals surface area contributed by atoms with Gasteiger partial charge in [0.15, 0.2) is 0 Å². The van der Waals surface area contributed by atoms with Gasteiger partial charge in [0.2, 0.25) is 5.91 Å². The smallest absolute Gasteiger partial charge is 0.223 e. The van der Waals surface area contributed by atoms with Crippen LogP contribution in [0, 0.1) is 24.2 Å². The molecule has 0 aromatic carbocycles. The minimum Gasteiger partial charge on any atom is -0.390 e. The molecule has 4 nitrogen and oxygen atoms in total. The quantitative estimate of drug-likeness (QED) is 0.920. The maximum Gasteiger partial charge on any atom is 0.223 e. The SMILES string of the molecule is Cc1nc(CN(C)C(=O)CC23CC4CC(CC(O)(C4)C2)C3)cs1. The number of aromatic nitrogens is 1. The first kappa shape index (κ1) is 15.6. The average molecular weight is 334 g/mol. The summed E-state index contributed by atoms with van der Waals surface area (Å²) in [4.78, 5) is 19.0. The van der Waals surface area contributed by atoms with Gasteiger partial charge in [0.1, 0.15) is 0 Å². The lowest BCUT2D eigenvalue weighted by Gasteiger charge is -2.60. The van der Waals surface area contributed by atoms with Gasteiger partial charge in [0.05, 0.1) is 22.8 Å². The van der Waals surface area contributed by atoms with E-state index in [2.05, 4.69) is 4.98 Å². The van der Waals surface area contributed by atoms with E-state index in [1.807, 2.05) is 24.3 Å². The van der Waals surface area contributed by atoms with Gasteiger partial charge >= 0.3 is 0 Å². The maximum atomic E-state index is 12.8. The molecule has 1 heterocycles. The van der Waals surface area contributed by atoms with Crippen molar-refractivity contribution in [2.75, 3.05) is 7.05 Å². The lowest BCUT2D eigenvalue weighted by Crippen LogP contribution is -2.56. The Labute approximate surface area is 141 Å². The van der Waals surface area contributed by atoms with E-state index < -0.39 is 5.60 Å². The zero-order valence-electron chi connectivity index (χ0n) is 14.0. The predicted molar refractivity (Wildman–Crippen MR) is 90.0 cm³/mol. The van der Waals surface area contributed by atoms with Crippen molar-refractivity contribution in [1.29, 1.82) is 0 Å². The van der Waals surface area contributed by atoms with Crippen molar-refractivity contribution in [2.24, 2.45) is 17.3 Å². The van der Waals surface area contributed by atoms with Gasteiger partial charge in [-0.3, -0.25) is 4.79 Å². The van der Waals surface area contributed by atoms with E-state index in [4.69, 9.17) is 0 Å². The highest BCUT2D eigenvalue weighted by atomic mass is 32.1. The van der Waals surface area contributed by atoms with E-state index in [0.717, 1.165) is 42.8 Å². The number of carbonyl (C=O) groups is 1. The average Bonchev–Trinajstić information content (AvgIpc) is 2.80. The molecule has 1 aromatic rings. The molecule has 1 amide bonds. The molecule has 23 heavy (non-hydrogen) atoms. The fourth-order valence-electron chi connectivity index (χ4n) is 5.88. The molecule has 1 aromatic heterocycles. The molecule has 4 bridgehead atoms. The lowest BCUT2D eigenvalue weighted by molar-refractivity contribution is -0.171. The van der Waals surface area contributed by atoms with E-state index in [0.29, 0.717) is 24.8 Å². The Kier molecular flexibility index (Phi) is 3.58. The Hall–Kier alpha value is -0.940. The second kappa shape index (κ2) is 5.28. The summed E-state index contributed by atoms with van der Waals surface area (Å²) in [5.74, 6) is 1.49. The molecule has 126 valence electrons. The highest BCUT2D eigenvalue weighted by molar-refractivity contribution is 7.09. The molecule has 4 saturated carbocycles. The van der Waals surface area contributed by atoms with Crippen LogP contribution in [0.5, 0.6) is 0 Å². The summed E-state index contributed by atoms with van der Waals surface area (Å²) in [6, 6.07) is 0. The Balaban J connectivity index is 1.44. The molecule has 5 rings (SSSR count). The molecular formula is C18H26N2O2S. The monoisotopic (exact) mass is 334 g/mol. The summed E-state index contributed by atoms with van der Waals surface area (Å²) in [6.07, 6.45) is 6.92. The molecule has 2 atom stereocenters. The first-order chi connectivity index (χ1) is 10.8. The van der Waals surface area contributed by atoms with Crippen LogP contribution in [0.4, 0.5) is 0 Å². The van der Waals surface area contributed by atoms with Gasteiger partial charge in [-0.25, -0.2) is 4.98 Å². The van der Waals surface area contributed by atoms with Crippen LogP contribution in [0.2, 0.25) is 0 Å². The van der Waals surface area contributed by atoms with Crippen molar-refractivity contribution >= 4 is 17.2 Å². The normalized spacial score (nSPS) is 38.0. The second-order valence-corrected chi connectivity index (χ2v) is 9.53. The third-order valence-corrected chi connectivity index (χ3v) is 6.99. The topological polar surface area (TPSA) is 53.4 Å². The second-order valence-electron chi connectivity index (χ2n) is 8.47. The minimum atomic E-state index is -0.477. The minimum absolute atomic E-state index is 0.0577. The molecule has 0 aliphatic heterocycles. The number of nitrogens with zero attached hydrogens (tertiary/aromatic N) is 2. The zero-order chi connectivity index (χ0) is 16.2. The Bertz CT molecular complexity index is 612. The highest BCUT2D eigenvalue weighted by Gasteiger charge is 2.57. The van der Waals surface area contributed by atoms with E-state index in [1.165, 1.54) is 6.42 Å². The Morgan fingerprint density at radius 3 is 2.65 bits per heavy atom. The number of rotatable bonds is 4. The van der Waals surface area contributed by atoms with Gasteiger partial charge in [-0.05, 0) is 62.7 Å². The zero-order valence-corrected chi connectivity index (χ0v) is 14.9. The van der Waals surface area contributed by atoms with Crippen molar-refractivity contribution in [3.05, 3.63) is 16.1 Å². The van der Waals surface area contributed by atoms with Gasteiger partial charge in [-0.1, -0.05) is 0 Å². The van der Waals surface area contributed by atoms with Crippen molar-refractivity contribution in [3.8, 4) is 0 Å². The number of hydrogen-bond acceptors (Lipinski definition) is 4. The van der Waals surface area contributed by atoms with Gasteiger partial charge < -0.3 is 10.0 Å². The predicted octanol–water partition coefficient (Wildman–Crippen LogP) is 3.13. The van der Waals surface area contributed by atoms with Crippen molar-refractivity contribution in [3.63, 3.8) is 0 Å². The third kappa shape index (κ3) is 2.93. The standard InChI is InChI=1S/C18H26N2O2S/c1-12-19-15(10-23-12)9-20(2)16(21)8-17-4-13-3-14(5-17)7-18(22,6-13)11-17/h10,13-14,22H,3-9,11H2,1-2H3. The summed E-state index contributed by atoms with van der Waals surface area (Å²) in [5, 5.41) is 13.9. The van der Waals surface area contributed by atoms with E-state index >= 15 is 0 Å². The van der Waals surface area contributed by atoms with Gasteiger partial charge in [-0.15, -0.1) is 11.3 Å². The number of carbonyl (C=O) groups excluding carboxylic acids is 1. The van der Waals surface area contributed by atoms with Crippen molar-refractivity contribution in [2.45, 2.75) is 64.0 Å². The van der Waals surface area contributed by atoms with Crippen LogP contribution in [-0.4, -0.2) is 33.5 Å². The molecule has 0 radical (unpaired) electrons. The van der Waals surface area contributed by atoms with Crippen molar-refractivity contribution in [1.82, 2.24) is 9.88 Å². The van der Waals surface area contributed by atoms with Crippen LogP contribution in [0.15, 0.2) is 5.38 Å². The third-order valence-electron chi connectivity index (χ3n) is 6.17. The molecule has 1 N–H and O–H groups in total. The van der Waals surface area contributed by atoms with Crippen molar-refractivity contribution < 1.29 is 9.90 Å². The number of thiazole rings is 1. The molecular weight excluding hydrogens is 308 g/mol. The Morgan fingerprint density at radius 1 is 1.39 bits per heavy atom. The van der Waals surface area contributed by atoms with Gasteiger partial charge in [0.25, 0.3) is 0 Å². The number of aliphatic hydroxyl groups is 1. The molecule has 4 aliphatic rings. The summed E-state index contributed by atoms with van der Waals surface area (Å²) >= 11 is 1.63. The first-order valence-corrected chi connectivity index (χ1v) is 9.60. The summed E-state index contributed by atoms with van der Waals surface area (Å²) in [7, 11) is 1.88. The van der Waals surface area contributed by atoms with Crippen LogP contribution in [0.25, 0.3) is 0 Å². The highest BCUT2D eigenvalue weighted by Crippen LogP contribution is 2.62. The van der Waals surface area contributed by atoms with E-state index in [9.17, 15) is 9.90 Å². The fourth-order valence-corrected chi connectivity index (χ4v) is 6.48. The summed E-state index contributed by atoms with van der Waals surface area (Å²) in [6.45, 7) is 2.59. The Morgan fingerprint density at radius 2 is 2.09 bits per heavy atom. The van der Waals surface area contributed by atoms with E-state index in [-0.39, 0.29) is 11.3 Å². The molecule has 0 spiro atoms. The van der Waals surface area contributed by atoms with Crippen LogP contribution in [-0.2, 0) is 11.3 Å². The molecule has 4 aliphatic carbocycles. The molecule has 0 saturated heterocycles. The van der Waals surface area contributed by atoms with Crippen LogP contribution >= 0.6 is 11.3 Å². The first-order valence-electron chi connectivity index (χ1n) is 8.72. The fraction of sp³-hybridized carbons (Fsp3) is 0.778. The van der Waals surface area contributed by atoms with E-state index in [1.54, 1.807) is 11.3 Å². The van der Waals surface area contributed by atoms with Crippen LogP contribution in [0.1, 0.15) is 55.6 Å². The lowest BCUT2D eigenvalue weighted by atomic mass is 9.47. The summed E-state index contributed by atoms with van der Waals surface area (Å²) < 4.78 is 0. The van der Waals surface area contributed by atoms with Crippen LogP contribution < -0.4 is 0 Å². The number of aryl methyl sites for hydroxylation is 1. The summed E-state index contributed by atoms with van der Waals surface area (Å²) in [5.41, 5.74) is 0.560. The molecule has 2 unspecified atom stereocenters. The molecule has 5 heteroatoms. The maximum absolute atomic E-state index is 12.8. The van der Waals surface area contributed by atoms with Gasteiger partial charge in [-0.2, -0.15) is 0 Å². The number of hydrogen-bond donors (Lipinski definition) is 1. The number of amides is 1. The van der Waals surface area contributed by atoms with Gasteiger partial charge in [0, 0.05) is 18.8 Å².